The number of anilines is 3. The molecule has 1 saturated heterocycles. The molecule has 11 heteroatoms. The van der Waals surface area contributed by atoms with Gasteiger partial charge >= 0.3 is 0 Å². The molecule has 2 N–H and O–H groups in total. The van der Waals surface area contributed by atoms with Crippen molar-refractivity contribution in [2.75, 3.05) is 35.2 Å². The van der Waals surface area contributed by atoms with E-state index in [1.807, 2.05) is 6.07 Å². The van der Waals surface area contributed by atoms with Crippen molar-refractivity contribution >= 4 is 44.8 Å². The first-order valence-corrected chi connectivity index (χ1v) is 12.9. The maximum atomic E-state index is 13.5. The first-order chi connectivity index (χ1) is 16.6. The number of piperidine rings is 1. The molecule has 3 aliphatic heterocycles. The fourth-order valence-electron chi connectivity index (χ4n) is 4.75. The number of benzene rings is 2. The van der Waals surface area contributed by atoms with E-state index in [1.54, 1.807) is 38.1 Å². The van der Waals surface area contributed by atoms with Crippen molar-refractivity contribution in [1.82, 2.24) is 4.31 Å². The molecule has 10 nitrogen and oxygen atoms in total. The van der Waals surface area contributed by atoms with Gasteiger partial charge in [-0.15, -0.1) is 0 Å². The van der Waals surface area contributed by atoms with Crippen LogP contribution in [0.1, 0.15) is 25.3 Å². The van der Waals surface area contributed by atoms with E-state index in [2.05, 4.69) is 10.6 Å². The highest BCUT2D eigenvalue weighted by Gasteiger charge is 2.37. The topological polar surface area (TPSA) is 125 Å². The standard InChI is InChI=1S/C24H26N4O6S/c1-14-11-18-20(34-15(2)23(30)26-18)12-21(14)35(32,33)27-9-7-16(8-10-27)24(31)28-13-22(29)25-17-5-3-4-6-19(17)28/h3-6,11-12,15-16H,7-10,13H2,1-2H3,(H,25,29)(H,26,30)/t15-/m1/s1. The van der Waals surface area contributed by atoms with E-state index in [0.717, 1.165) is 0 Å². The van der Waals surface area contributed by atoms with Crippen molar-refractivity contribution in [3.8, 4) is 5.75 Å². The number of carbonyl (C=O) groups is 3. The second-order valence-electron chi connectivity index (χ2n) is 9.03. The number of fused-ring (bicyclic) bond motifs is 2. The highest BCUT2D eigenvalue weighted by atomic mass is 32.2. The molecule has 5 rings (SSSR count). The molecule has 0 spiro atoms. The van der Waals surface area contributed by atoms with Crippen LogP contribution in [0.3, 0.4) is 0 Å². The lowest BCUT2D eigenvalue weighted by Crippen LogP contribution is -2.48. The van der Waals surface area contributed by atoms with E-state index >= 15 is 0 Å². The van der Waals surface area contributed by atoms with Crippen LogP contribution < -0.4 is 20.3 Å². The molecule has 1 atom stereocenters. The van der Waals surface area contributed by atoms with Crippen LogP contribution in [0.4, 0.5) is 17.1 Å². The summed E-state index contributed by atoms with van der Waals surface area (Å²) in [5.74, 6) is -0.786. The molecular weight excluding hydrogens is 472 g/mol. The van der Waals surface area contributed by atoms with E-state index < -0.39 is 16.1 Å². The number of para-hydroxylation sites is 2. The highest BCUT2D eigenvalue weighted by Crippen LogP contribution is 2.37. The molecule has 0 saturated carbocycles. The Hall–Kier alpha value is -3.44. The zero-order chi connectivity index (χ0) is 24.9. The van der Waals surface area contributed by atoms with Gasteiger partial charge in [-0.3, -0.25) is 14.4 Å². The van der Waals surface area contributed by atoms with Gasteiger partial charge < -0.3 is 20.3 Å². The molecule has 0 unspecified atom stereocenters. The summed E-state index contributed by atoms with van der Waals surface area (Å²) >= 11 is 0. The van der Waals surface area contributed by atoms with E-state index in [1.165, 1.54) is 15.3 Å². The average Bonchev–Trinajstić information content (AvgIpc) is 2.83. The monoisotopic (exact) mass is 498 g/mol. The van der Waals surface area contributed by atoms with Crippen LogP contribution in [0, 0.1) is 12.8 Å². The van der Waals surface area contributed by atoms with Gasteiger partial charge in [-0.05, 0) is 50.5 Å². The number of nitrogens with one attached hydrogen (secondary N) is 2. The van der Waals surface area contributed by atoms with Gasteiger partial charge in [0.15, 0.2) is 6.10 Å². The zero-order valence-electron chi connectivity index (χ0n) is 19.4. The molecule has 3 aliphatic rings. The average molecular weight is 499 g/mol. The third kappa shape index (κ3) is 4.14. The van der Waals surface area contributed by atoms with Crippen LogP contribution in [0.15, 0.2) is 41.3 Å². The Balaban J connectivity index is 1.32. The SMILES string of the molecule is Cc1cc2c(cc1S(=O)(=O)N1CCC(C(=O)N3CC(=O)Nc4ccccc43)CC1)O[C@H](C)C(=O)N2. The number of ether oxygens (including phenoxy) is 1. The molecule has 3 heterocycles. The van der Waals surface area contributed by atoms with E-state index in [-0.39, 0.29) is 48.2 Å². The zero-order valence-corrected chi connectivity index (χ0v) is 20.2. The minimum Gasteiger partial charge on any atom is -0.479 e. The Kier molecular flexibility index (Phi) is 5.76. The molecule has 184 valence electrons. The summed E-state index contributed by atoms with van der Waals surface area (Å²) in [5, 5.41) is 5.50. The number of aryl methyl sites for hydroxylation is 1. The van der Waals surface area contributed by atoms with Crippen LogP contribution in [0.25, 0.3) is 0 Å². The quantitative estimate of drug-likeness (QED) is 0.668. The minimum absolute atomic E-state index is 0.0579. The van der Waals surface area contributed by atoms with Gasteiger partial charge in [0.25, 0.3) is 5.91 Å². The van der Waals surface area contributed by atoms with Gasteiger partial charge in [-0.25, -0.2) is 8.42 Å². The van der Waals surface area contributed by atoms with Crippen LogP contribution in [-0.2, 0) is 24.4 Å². The van der Waals surface area contributed by atoms with Gasteiger partial charge in [0.2, 0.25) is 21.8 Å². The summed E-state index contributed by atoms with van der Waals surface area (Å²) in [4.78, 5) is 38.9. The van der Waals surface area contributed by atoms with Gasteiger partial charge in [0, 0.05) is 25.1 Å². The Labute approximate surface area is 203 Å². The summed E-state index contributed by atoms with van der Waals surface area (Å²) in [6.45, 7) is 3.58. The van der Waals surface area contributed by atoms with Crippen LogP contribution in [0.2, 0.25) is 0 Å². The van der Waals surface area contributed by atoms with Crippen LogP contribution in [0.5, 0.6) is 5.75 Å². The fourth-order valence-corrected chi connectivity index (χ4v) is 6.44. The van der Waals surface area contributed by atoms with Crippen molar-refractivity contribution in [2.45, 2.75) is 37.7 Å². The molecule has 0 radical (unpaired) electrons. The lowest BCUT2D eigenvalue weighted by atomic mass is 9.95. The molecule has 1 fully saturated rings. The second-order valence-corrected chi connectivity index (χ2v) is 10.9. The number of rotatable bonds is 3. The smallest absolute Gasteiger partial charge is 0.265 e. The Bertz CT molecular complexity index is 1330. The molecule has 35 heavy (non-hydrogen) atoms. The van der Waals surface area contributed by atoms with Crippen LogP contribution >= 0.6 is 0 Å². The van der Waals surface area contributed by atoms with Crippen LogP contribution in [-0.4, -0.2) is 56.2 Å². The van der Waals surface area contributed by atoms with Crippen molar-refractivity contribution in [3.05, 3.63) is 42.0 Å². The highest BCUT2D eigenvalue weighted by molar-refractivity contribution is 7.89. The maximum Gasteiger partial charge on any atom is 0.265 e. The van der Waals surface area contributed by atoms with E-state index in [4.69, 9.17) is 4.74 Å². The third-order valence-corrected chi connectivity index (χ3v) is 8.71. The van der Waals surface area contributed by atoms with Crippen molar-refractivity contribution in [1.29, 1.82) is 0 Å². The van der Waals surface area contributed by atoms with E-state index in [0.29, 0.717) is 41.2 Å². The largest absolute Gasteiger partial charge is 0.479 e. The minimum atomic E-state index is -3.84. The van der Waals surface area contributed by atoms with Crippen molar-refractivity contribution in [3.63, 3.8) is 0 Å². The molecular formula is C24H26N4O6S. The molecule has 2 aromatic rings. The number of amides is 3. The molecule has 0 aromatic heterocycles. The molecule has 3 amide bonds. The molecule has 2 aromatic carbocycles. The van der Waals surface area contributed by atoms with Gasteiger partial charge in [-0.2, -0.15) is 4.31 Å². The number of carbonyl (C=O) groups excluding carboxylic acids is 3. The number of hydrogen-bond acceptors (Lipinski definition) is 6. The maximum absolute atomic E-state index is 13.5. The lowest BCUT2D eigenvalue weighted by molar-refractivity contribution is -0.125. The Morgan fingerprint density at radius 2 is 1.77 bits per heavy atom. The predicted molar refractivity (Wildman–Crippen MR) is 129 cm³/mol. The first kappa shape index (κ1) is 23.3. The second kappa shape index (κ2) is 8.65. The summed E-state index contributed by atoms with van der Waals surface area (Å²) in [5.41, 5.74) is 2.18. The van der Waals surface area contributed by atoms with Gasteiger partial charge in [0.1, 0.15) is 12.3 Å². The Morgan fingerprint density at radius 3 is 2.51 bits per heavy atom. The normalized spacial score (nSPS) is 20.9. The number of hydrogen-bond donors (Lipinski definition) is 2. The van der Waals surface area contributed by atoms with Crippen molar-refractivity contribution < 1.29 is 27.5 Å². The van der Waals surface area contributed by atoms with Gasteiger partial charge in [0.05, 0.1) is 22.0 Å². The summed E-state index contributed by atoms with van der Waals surface area (Å²) in [7, 11) is -3.84. The van der Waals surface area contributed by atoms with E-state index in [9.17, 15) is 22.8 Å². The molecule has 0 bridgehead atoms. The summed E-state index contributed by atoms with van der Waals surface area (Å²) in [6.07, 6.45) is -0.0118. The summed E-state index contributed by atoms with van der Waals surface area (Å²) < 4.78 is 33.9. The fraction of sp³-hybridized carbons (Fsp3) is 0.375. The predicted octanol–water partition coefficient (Wildman–Crippen LogP) is 2.10. The third-order valence-electron chi connectivity index (χ3n) is 6.67. The molecule has 0 aliphatic carbocycles. The first-order valence-electron chi connectivity index (χ1n) is 11.5. The summed E-state index contributed by atoms with van der Waals surface area (Å²) in [6, 6.07) is 10.2. The number of sulfonamides is 1. The van der Waals surface area contributed by atoms with Gasteiger partial charge in [-0.1, -0.05) is 12.1 Å². The lowest BCUT2D eigenvalue weighted by Gasteiger charge is -2.36. The number of nitrogens with zero attached hydrogens (tertiary/aromatic N) is 2. The van der Waals surface area contributed by atoms with Crippen molar-refractivity contribution in [2.24, 2.45) is 5.92 Å². The Morgan fingerprint density at radius 1 is 1.06 bits per heavy atom.